The molecule has 3 atom stereocenters. The van der Waals surface area contributed by atoms with Crippen LogP contribution >= 0.6 is 0 Å². The SMILES string of the molecule is O=C(O)[C@H](Cc1ccccc1)NC1CC2CCC(C1)N2Cc1ccccc1. The van der Waals surface area contributed by atoms with E-state index in [4.69, 9.17) is 0 Å². The van der Waals surface area contributed by atoms with Gasteiger partial charge in [0.05, 0.1) is 0 Å². The zero-order valence-corrected chi connectivity index (χ0v) is 15.6. The number of piperidine rings is 1. The van der Waals surface area contributed by atoms with Crippen molar-refractivity contribution in [2.75, 3.05) is 0 Å². The standard InChI is InChI=1S/C23H28N2O2/c26-23(27)22(13-17-7-3-1-4-8-17)24-19-14-20-11-12-21(15-19)25(20)16-18-9-5-2-6-10-18/h1-10,19-22,24H,11-16H2,(H,26,27)/t19?,20?,21?,22-/m0/s1. The zero-order chi connectivity index (χ0) is 18.6. The second-order valence-corrected chi connectivity index (χ2v) is 7.96. The molecule has 142 valence electrons. The molecule has 2 heterocycles. The van der Waals surface area contributed by atoms with Gasteiger partial charge in [0.25, 0.3) is 0 Å². The van der Waals surface area contributed by atoms with E-state index in [1.165, 1.54) is 18.4 Å². The van der Waals surface area contributed by atoms with E-state index >= 15 is 0 Å². The van der Waals surface area contributed by atoms with Crippen LogP contribution in [0.25, 0.3) is 0 Å². The Morgan fingerprint density at radius 3 is 2.07 bits per heavy atom. The van der Waals surface area contributed by atoms with E-state index < -0.39 is 12.0 Å². The highest BCUT2D eigenvalue weighted by Crippen LogP contribution is 2.37. The van der Waals surface area contributed by atoms with Crippen molar-refractivity contribution in [3.8, 4) is 0 Å². The van der Waals surface area contributed by atoms with Gasteiger partial charge in [0.2, 0.25) is 0 Å². The molecule has 2 N–H and O–H groups in total. The van der Waals surface area contributed by atoms with Gasteiger partial charge in [-0.2, -0.15) is 0 Å². The van der Waals surface area contributed by atoms with Crippen molar-refractivity contribution < 1.29 is 9.90 Å². The second-order valence-electron chi connectivity index (χ2n) is 7.96. The molecule has 2 aromatic carbocycles. The summed E-state index contributed by atoms with van der Waals surface area (Å²) < 4.78 is 0. The maximum atomic E-state index is 11.8. The minimum Gasteiger partial charge on any atom is -0.480 e. The first-order valence-corrected chi connectivity index (χ1v) is 10.0. The maximum Gasteiger partial charge on any atom is 0.321 e. The Hall–Kier alpha value is -2.17. The van der Waals surface area contributed by atoms with Gasteiger partial charge < -0.3 is 10.4 Å². The number of aliphatic carboxylic acids is 1. The number of hydrogen-bond donors (Lipinski definition) is 2. The van der Waals surface area contributed by atoms with Gasteiger partial charge in [0, 0.05) is 24.7 Å². The topological polar surface area (TPSA) is 52.6 Å². The van der Waals surface area contributed by atoms with Crippen LogP contribution in [0.5, 0.6) is 0 Å². The van der Waals surface area contributed by atoms with E-state index in [2.05, 4.69) is 40.5 Å². The first kappa shape index (κ1) is 18.2. The van der Waals surface area contributed by atoms with E-state index in [1.54, 1.807) is 0 Å². The molecule has 4 nitrogen and oxygen atoms in total. The van der Waals surface area contributed by atoms with Gasteiger partial charge in [-0.1, -0.05) is 60.7 Å². The summed E-state index contributed by atoms with van der Waals surface area (Å²) in [6.45, 7) is 1.01. The fraction of sp³-hybridized carbons (Fsp3) is 0.435. The molecule has 4 heteroatoms. The van der Waals surface area contributed by atoms with Crippen molar-refractivity contribution in [3.05, 3.63) is 71.8 Å². The number of rotatable bonds is 7. The number of carbonyl (C=O) groups is 1. The number of hydrogen-bond acceptors (Lipinski definition) is 3. The van der Waals surface area contributed by atoms with Crippen LogP contribution in [0, 0.1) is 0 Å². The van der Waals surface area contributed by atoms with Crippen LogP contribution < -0.4 is 5.32 Å². The van der Waals surface area contributed by atoms with Crippen LogP contribution in [-0.2, 0) is 17.8 Å². The third-order valence-corrected chi connectivity index (χ3v) is 6.11. The van der Waals surface area contributed by atoms with Crippen molar-refractivity contribution in [2.45, 2.75) is 62.8 Å². The second kappa shape index (κ2) is 8.24. The first-order chi connectivity index (χ1) is 13.2. The average Bonchev–Trinajstić information content (AvgIpc) is 2.91. The van der Waals surface area contributed by atoms with Crippen LogP contribution in [0.4, 0.5) is 0 Å². The molecule has 2 saturated heterocycles. The Balaban J connectivity index is 1.38. The van der Waals surface area contributed by atoms with Gasteiger partial charge >= 0.3 is 5.97 Å². The summed E-state index contributed by atoms with van der Waals surface area (Å²) in [6, 6.07) is 21.5. The number of nitrogens with zero attached hydrogens (tertiary/aromatic N) is 1. The Kier molecular flexibility index (Phi) is 5.55. The van der Waals surface area contributed by atoms with E-state index in [1.807, 2.05) is 30.3 Å². The number of fused-ring (bicyclic) bond motifs is 2. The zero-order valence-electron chi connectivity index (χ0n) is 15.6. The fourth-order valence-corrected chi connectivity index (χ4v) is 4.81. The van der Waals surface area contributed by atoms with Crippen LogP contribution in [0.1, 0.15) is 36.8 Å². The molecule has 0 aromatic heterocycles. The molecule has 0 saturated carbocycles. The molecule has 0 radical (unpaired) electrons. The Labute approximate surface area is 161 Å². The van der Waals surface area contributed by atoms with Gasteiger partial charge in [-0.05, 0) is 43.2 Å². The van der Waals surface area contributed by atoms with Gasteiger partial charge in [0.15, 0.2) is 0 Å². The third kappa shape index (κ3) is 4.40. The lowest BCUT2D eigenvalue weighted by Gasteiger charge is -2.40. The summed E-state index contributed by atoms with van der Waals surface area (Å²) in [7, 11) is 0. The normalized spacial score (nSPS) is 26.0. The van der Waals surface area contributed by atoms with Crippen LogP contribution in [0.3, 0.4) is 0 Å². The summed E-state index contributed by atoms with van der Waals surface area (Å²) in [5, 5.41) is 13.1. The predicted molar refractivity (Wildman–Crippen MR) is 107 cm³/mol. The predicted octanol–water partition coefficient (Wildman–Crippen LogP) is 3.47. The molecule has 4 rings (SSSR count). The summed E-state index contributed by atoms with van der Waals surface area (Å²) in [6.07, 6.45) is 5.08. The highest BCUT2D eigenvalue weighted by Gasteiger charge is 2.41. The lowest BCUT2D eigenvalue weighted by Crippen LogP contribution is -2.53. The highest BCUT2D eigenvalue weighted by atomic mass is 16.4. The van der Waals surface area contributed by atoms with Gasteiger partial charge in [-0.15, -0.1) is 0 Å². The van der Waals surface area contributed by atoms with Crippen molar-refractivity contribution in [1.29, 1.82) is 0 Å². The smallest absolute Gasteiger partial charge is 0.321 e. The van der Waals surface area contributed by atoms with Crippen LogP contribution in [0.15, 0.2) is 60.7 Å². The third-order valence-electron chi connectivity index (χ3n) is 6.11. The number of carboxylic acids is 1. The molecule has 0 spiro atoms. The summed E-state index contributed by atoms with van der Waals surface area (Å²) in [5.41, 5.74) is 2.44. The molecule has 2 aliphatic rings. The molecule has 2 aliphatic heterocycles. The van der Waals surface area contributed by atoms with Crippen molar-refractivity contribution in [3.63, 3.8) is 0 Å². The number of nitrogens with one attached hydrogen (secondary N) is 1. The molecule has 27 heavy (non-hydrogen) atoms. The maximum absolute atomic E-state index is 11.8. The van der Waals surface area contributed by atoms with Crippen molar-refractivity contribution in [2.24, 2.45) is 0 Å². The molecule has 0 aliphatic carbocycles. The number of benzene rings is 2. The highest BCUT2D eigenvalue weighted by molar-refractivity contribution is 5.74. The van der Waals surface area contributed by atoms with E-state index in [0.29, 0.717) is 24.5 Å². The van der Waals surface area contributed by atoms with E-state index in [9.17, 15) is 9.90 Å². The minimum absolute atomic E-state index is 0.291. The first-order valence-electron chi connectivity index (χ1n) is 10.0. The lowest BCUT2D eigenvalue weighted by molar-refractivity contribution is -0.139. The Morgan fingerprint density at radius 1 is 0.963 bits per heavy atom. The quantitative estimate of drug-likeness (QED) is 0.790. The van der Waals surface area contributed by atoms with E-state index in [-0.39, 0.29) is 0 Å². The minimum atomic E-state index is -0.752. The summed E-state index contributed by atoms with van der Waals surface area (Å²) in [5.74, 6) is -0.752. The van der Waals surface area contributed by atoms with Gasteiger partial charge in [-0.25, -0.2) is 0 Å². The largest absolute Gasteiger partial charge is 0.480 e. The average molecular weight is 364 g/mol. The fourth-order valence-electron chi connectivity index (χ4n) is 4.81. The van der Waals surface area contributed by atoms with Crippen LogP contribution in [0.2, 0.25) is 0 Å². The molecular formula is C23H28N2O2. The van der Waals surface area contributed by atoms with E-state index in [0.717, 1.165) is 24.9 Å². The van der Waals surface area contributed by atoms with Crippen LogP contribution in [-0.4, -0.2) is 40.1 Å². The number of carboxylic acid groups (broad SMARTS) is 1. The Bertz CT molecular complexity index is 735. The Morgan fingerprint density at radius 2 is 1.52 bits per heavy atom. The molecule has 2 fully saturated rings. The molecule has 2 bridgehead atoms. The van der Waals surface area contributed by atoms with Gasteiger partial charge in [0.1, 0.15) is 6.04 Å². The molecule has 2 aromatic rings. The lowest BCUT2D eigenvalue weighted by atomic mass is 9.95. The summed E-state index contributed by atoms with van der Waals surface area (Å²) in [4.78, 5) is 14.4. The van der Waals surface area contributed by atoms with Crippen molar-refractivity contribution >= 4 is 5.97 Å². The summed E-state index contributed by atoms with van der Waals surface area (Å²) >= 11 is 0. The molecule has 0 amide bonds. The molecular weight excluding hydrogens is 336 g/mol. The van der Waals surface area contributed by atoms with Crippen molar-refractivity contribution in [1.82, 2.24) is 10.2 Å². The monoisotopic (exact) mass is 364 g/mol. The van der Waals surface area contributed by atoms with Gasteiger partial charge in [-0.3, -0.25) is 9.69 Å². The molecule has 2 unspecified atom stereocenters.